The number of aliphatic carboxylic acids is 1. The van der Waals surface area contributed by atoms with Gasteiger partial charge in [-0.2, -0.15) is 0 Å². The van der Waals surface area contributed by atoms with Gasteiger partial charge in [0, 0.05) is 22.3 Å². The molecule has 0 unspecified atom stereocenters. The molecule has 8 heteroatoms. The number of nitrogens with one attached hydrogen (secondary N) is 1. The minimum atomic E-state index is -1.20. The zero-order valence-corrected chi connectivity index (χ0v) is 17.1. The number of hydrogen-bond donors (Lipinski definition) is 1. The first-order chi connectivity index (χ1) is 12.6. The van der Waals surface area contributed by atoms with Crippen LogP contribution in [0.3, 0.4) is 0 Å². The summed E-state index contributed by atoms with van der Waals surface area (Å²) in [5.41, 5.74) is 0. The fourth-order valence-electron chi connectivity index (χ4n) is 2.54. The number of hydrogen-bond acceptors (Lipinski definition) is 5. The molecule has 2 rings (SSSR count). The van der Waals surface area contributed by atoms with Crippen molar-refractivity contribution >= 4 is 35.2 Å². The van der Waals surface area contributed by atoms with Gasteiger partial charge in [0.2, 0.25) is 0 Å². The number of carboxylic acid groups (broad SMARTS) is 1. The lowest BCUT2D eigenvalue weighted by Crippen LogP contribution is -2.50. The highest BCUT2D eigenvalue weighted by Gasteiger charge is 2.22. The summed E-state index contributed by atoms with van der Waals surface area (Å²) in [5, 5.41) is 14.4. The Hall–Kier alpha value is -1.96. The van der Waals surface area contributed by atoms with Crippen molar-refractivity contribution in [3.05, 3.63) is 52.9 Å². The maximum Gasteiger partial charge on any atom is 0.287 e. The van der Waals surface area contributed by atoms with E-state index in [0.717, 1.165) is 4.90 Å². The molecular weight excluding hydrogens is 388 g/mol. The molecule has 0 bridgehead atoms. The van der Waals surface area contributed by atoms with Gasteiger partial charge in [0.05, 0.1) is 39.5 Å². The van der Waals surface area contributed by atoms with E-state index in [1.54, 1.807) is 23.9 Å². The second-order valence-corrected chi connectivity index (χ2v) is 8.71. The number of rotatable bonds is 9. The average Bonchev–Trinajstić information content (AvgIpc) is 3.01. The zero-order valence-electron chi connectivity index (χ0n) is 15.5. The summed E-state index contributed by atoms with van der Waals surface area (Å²) in [7, 11) is 5.77. The number of halogens is 1. The number of likely N-dealkylation sites (N-methyl/N-ethyl adjacent to an activating group) is 1. The summed E-state index contributed by atoms with van der Waals surface area (Å²) < 4.78 is 6.11. The molecule has 1 atom stereocenters. The number of furan rings is 1. The average molecular weight is 411 g/mol. The van der Waals surface area contributed by atoms with Gasteiger partial charge in [-0.3, -0.25) is 4.79 Å². The third kappa shape index (κ3) is 7.66. The summed E-state index contributed by atoms with van der Waals surface area (Å²) in [6.45, 7) is 0.458. The van der Waals surface area contributed by atoms with Crippen LogP contribution in [-0.4, -0.2) is 50.1 Å². The zero-order chi connectivity index (χ0) is 20.0. The van der Waals surface area contributed by atoms with Gasteiger partial charge in [0.1, 0.15) is 5.76 Å². The Bertz CT molecular complexity index is 784. The van der Waals surface area contributed by atoms with E-state index in [4.69, 9.17) is 16.0 Å². The van der Waals surface area contributed by atoms with Crippen molar-refractivity contribution in [2.24, 2.45) is 0 Å². The first-order valence-electron chi connectivity index (χ1n) is 8.40. The second-order valence-electron chi connectivity index (χ2n) is 7.23. The highest BCUT2D eigenvalue weighted by molar-refractivity contribution is 7.98. The molecule has 1 N–H and O–H groups in total. The fourth-order valence-corrected chi connectivity index (χ4v) is 3.46. The molecule has 1 heterocycles. The maximum absolute atomic E-state index is 12.4. The van der Waals surface area contributed by atoms with E-state index in [-0.39, 0.29) is 12.2 Å². The Morgan fingerprint density at radius 1 is 1.19 bits per heavy atom. The van der Waals surface area contributed by atoms with Crippen LogP contribution in [0.5, 0.6) is 0 Å². The monoisotopic (exact) mass is 410 g/mol. The van der Waals surface area contributed by atoms with Crippen LogP contribution < -0.4 is 10.4 Å². The van der Waals surface area contributed by atoms with Gasteiger partial charge >= 0.3 is 0 Å². The van der Waals surface area contributed by atoms with Gasteiger partial charge in [-0.05, 0) is 36.4 Å². The molecule has 146 valence electrons. The predicted molar refractivity (Wildman–Crippen MR) is 103 cm³/mol. The van der Waals surface area contributed by atoms with E-state index >= 15 is 0 Å². The Labute approximate surface area is 168 Å². The standard InChI is InChI=1S/C19H23ClN2O4S/c1-22(2,3)11-14(10-18(23)24)21-19(25)17-9-6-15(26-17)12-27-16-7-4-13(20)5-8-16/h4-9,14H,10-12H2,1-3H3,(H-,21,23,24,25)/t14-/m1/s1. The van der Waals surface area contributed by atoms with Crippen LogP contribution in [0.25, 0.3) is 0 Å². The molecule has 2 aromatic rings. The van der Waals surface area contributed by atoms with Crippen LogP contribution in [0.2, 0.25) is 5.02 Å². The molecule has 0 aliphatic rings. The number of carbonyl (C=O) groups excluding carboxylic acids is 2. The summed E-state index contributed by atoms with van der Waals surface area (Å²) >= 11 is 7.43. The van der Waals surface area contributed by atoms with Crippen LogP contribution >= 0.6 is 23.4 Å². The highest BCUT2D eigenvalue weighted by Crippen LogP contribution is 2.25. The third-order valence-electron chi connectivity index (χ3n) is 3.60. The number of carboxylic acids is 1. The Balaban J connectivity index is 1.95. The number of thioether (sulfide) groups is 1. The van der Waals surface area contributed by atoms with E-state index in [9.17, 15) is 14.7 Å². The lowest BCUT2D eigenvalue weighted by molar-refractivity contribution is -0.871. The third-order valence-corrected chi connectivity index (χ3v) is 4.88. The van der Waals surface area contributed by atoms with Crippen LogP contribution in [0.15, 0.2) is 45.7 Å². The van der Waals surface area contributed by atoms with E-state index < -0.39 is 17.9 Å². The Morgan fingerprint density at radius 2 is 1.85 bits per heavy atom. The van der Waals surface area contributed by atoms with Gasteiger partial charge in [0.25, 0.3) is 5.91 Å². The Morgan fingerprint density at radius 3 is 2.44 bits per heavy atom. The van der Waals surface area contributed by atoms with Crippen LogP contribution in [-0.2, 0) is 10.5 Å². The molecular formula is C19H23ClN2O4S. The van der Waals surface area contributed by atoms with Gasteiger partial charge in [-0.1, -0.05) is 11.6 Å². The molecule has 1 amide bonds. The molecule has 27 heavy (non-hydrogen) atoms. The SMILES string of the molecule is C[N+](C)(C)C[C@@H](CC(=O)[O-])NC(=O)c1ccc(CSc2ccc(Cl)cc2)o1. The highest BCUT2D eigenvalue weighted by atomic mass is 35.5. The normalized spacial score (nSPS) is 12.6. The number of quaternary nitrogens is 1. The summed E-state index contributed by atoms with van der Waals surface area (Å²) in [4.78, 5) is 24.4. The Kier molecular flexibility index (Phi) is 7.35. The largest absolute Gasteiger partial charge is 0.550 e. The summed E-state index contributed by atoms with van der Waals surface area (Å²) in [6.07, 6.45) is -0.249. The number of carbonyl (C=O) groups is 2. The topological polar surface area (TPSA) is 82.4 Å². The van der Waals surface area contributed by atoms with Crippen molar-refractivity contribution in [2.75, 3.05) is 27.7 Å². The molecule has 0 fully saturated rings. The molecule has 6 nitrogen and oxygen atoms in total. The van der Waals surface area contributed by atoms with Crippen molar-refractivity contribution in [1.82, 2.24) is 5.32 Å². The first kappa shape index (κ1) is 21.3. The lowest BCUT2D eigenvalue weighted by Gasteiger charge is -2.29. The van der Waals surface area contributed by atoms with Gasteiger partial charge in [0.15, 0.2) is 5.76 Å². The molecule has 1 aromatic heterocycles. The second kappa shape index (κ2) is 9.30. The van der Waals surface area contributed by atoms with Gasteiger partial charge < -0.3 is 24.1 Å². The first-order valence-corrected chi connectivity index (χ1v) is 9.77. The van der Waals surface area contributed by atoms with Crippen molar-refractivity contribution < 1.29 is 23.6 Å². The minimum absolute atomic E-state index is 0.159. The number of amides is 1. The van der Waals surface area contributed by atoms with Gasteiger partial charge in [-0.25, -0.2) is 0 Å². The van der Waals surface area contributed by atoms with Crippen LogP contribution in [0.1, 0.15) is 22.7 Å². The maximum atomic E-state index is 12.4. The molecule has 0 aliphatic heterocycles. The minimum Gasteiger partial charge on any atom is -0.550 e. The quantitative estimate of drug-likeness (QED) is 0.506. The molecule has 0 aliphatic carbocycles. The van der Waals surface area contributed by atoms with Crippen LogP contribution in [0, 0.1) is 0 Å². The molecule has 0 radical (unpaired) electrons. The molecule has 1 aromatic carbocycles. The van der Waals surface area contributed by atoms with E-state index in [0.29, 0.717) is 27.6 Å². The van der Waals surface area contributed by atoms with Crippen molar-refractivity contribution in [3.63, 3.8) is 0 Å². The molecule has 0 spiro atoms. The predicted octanol–water partition coefficient (Wildman–Crippen LogP) is 2.17. The lowest BCUT2D eigenvalue weighted by atomic mass is 10.2. The molecule has 0 saturated heterocycles. The number of benzene rings is 1. The van der Waals surface area contributed by atoms with E-state index in [2.05, 4.69) is 5.32 Å². The summed E-state index contributed by atoms with van der Waals surface area (Å²) in [6, 6.07) is 10.3. The van der Waals surface area contributed by atoms with Crippen molar-refractivity contribution in [3.8, 4) is 0 Å². The van der Waals surface area contributed by atoms with Crippen molar-refractivity contribution in [2.45, 2.75) is 23.1 Å². The molecule has 0 saturated carbocycles. The van der Waals surface area contributed by atoms with Crippen LogP contribution in [0.4, 0.5) is 0 Å². The smallest absolute Gasteiger partial charge is 0.287 e. The summed E-state index contributed by atoms with van der Waals surface area (Å²) in [5.74, 6) is -0.253. The number of nitrogens with zero attached hydrogens (tertiary/aromatic N) is 1. The van der Waals surface area contributed by atoms with E-state index in [1.807, 2.05) is 45.4 Å². The van der Waals surface area contributed by atoms with Gasteiger partial charge in [-0.15, -0.1) is 11.8 Å². The van der Waals surface area contributed by atoms with Crippen molar-refractivity contribution in [1.29, 1.82) is 0 Å². The fraction of sp³-hybridized carbons (Fsp3) is 0.368. The van der Waals surface area contributed by atoms with E-state index in [1.165, 1.54) is 0 Å².